The maximum absolute atomic E-state index is 12.3. The molecule has 114 valence electrons. The topological polar surface area (TPSA) is 54.0 Å². The van der Waals surface area contributed by atoms with E-state index in [4.69, 9.17) is 18.9 Å². The van der Waals surface area contributed by atoms with Gasteiger partial charge in [-0.3, -0.25) is 0 Å². The number of methoxy groups -OCH3 is 1. The molecule has 0 saturated heterocycles. The molecule has 0 N–H and O–H groups in total. The van der Waals surface area contributed by atoms with E-state index in [0.717, 1.165) is 11.3 Å². The van der Waals surface area contributed by atoms with Gasteiger partial charge in [-0.15, -0.1) is 0 Å². The fraction of sp³-hybridized carbons (Fsp3) is 0.235. The average molecular weight is 300 g/mol. The van der Waals surface area contributed by atoms with E-state index in [0.29, 0.717) is 30.3 Å². The van der Waals surface area contributed by atoms with Gasteiger partial charge in [-0.1, -0.05) is 18.2 Å². The van der Waals surface area contributed by atoms with Crippen molar-refractivity contribution >= 4 is 5.97 Å². The molecule has 0 saturated carbocycles. The van der Waals surface area contributed by atoms with E-state index in [9.17, 15) is 4.79 Å². The predicted octanol–water partition coefficient (Wildman–Crippen LogP) is 2.82. The average Bonchev–Trinajstić information content (AvgIpc) is 2.59. The van der Waals surface area contributed by atoms with Crippen molar-refractivity contribution in [2.24, 2.45) is 0 Å². The van der Waals surface area contributed by atoms with E-state index >= 15 is 0 Å². The molecular weight excluding hydrogens is 284 g/mol. The van der Waals surface area contributed by atoms with Gasteiger partial charge >= 0.3 is 5.97 Å². The van der Waals surface area contributed by atoms with E-state index in [1.54, 1.807) is 25.3 Å². The lowest BCUT2D eigenvalue weighted by atomic mass is 10.1. The number of para-hydroxylation sites is 1. The first kappa shape index (κ1) is 14.3. The first-order valence-electron chi connectivity index (χ1n) is 6.96. The summed E-state index contributed by atoms with van der Waals surface area (Å²) in [5.41, 5.74) is 1.23. The Labute approximate surface area is 128 Å². The number of carbonyl (C=O) groups is 1. The molecule has 2 aromatic rings. The van der Waals surface area contributed by atoms with E-state index in [1.165, 1.54) is 0 Å². The van der Waals surface area contributed by atoms with Crippen molar-refractivity contribution in [3.05, 3.63) is 53.6 Å². The molecule has 0 radical (unpaired) electrons. The van der Waals surface area contributed by atoms with Crippen molar-refractivity contribution < 1.29 is 23.7 Å². The zero-order valence-corrected chi connectivity index (χ0v) is 12.2. The quantitative estimate of drug-likeness (QED) is 0.813. The normalized spacial score (nSPS) is 12.6. The molecule has 0 spiro atoms. The van der Waals surface area contributed by atoms with E-state index in [-0.39, 0.29) is 6.61 Å². The highest BCUT2D eigenvalue weighted by molar-refractivity contribution is 5.93. The first-order chi connectivity index (χ1) is 10.8. The Balaban J connectivity index is 1.72. The Morgan fingerprint density at radius 1 is 1.14 bits per heavy atom. The fourth-order valence-electron chi connectivity index (χ4n) is 2.22. The van der Waals surface area contributed by atoms with Crippen LogP contribution in [0.1, 0.15) is 15.9 Å². The minimum Gasteiger partial charge on any atom is -0.497 e. The first-order valence-corrected chi connectivity index (χ1v) is 6.96. The van der Waals surface area contributed by atoms with E-state index in [2.05, 4.69) is 0 Å². The molecule has 5 heteroatoms. The van der Waals surface area contributed by atoms with Crippen LogP contribution in [0.3, 0.4) is 0 Å². The third-order valence-electron chi connectivity index (χ3n) is 3.29. The molecule has 5 nitrogen and oxygen atoms in total. The van der Waals surface area contributed by atoms with Gasteiger partial charge in [-0.2, -0.15) is 0 Å². The van der Waals surface area contributed by atoms with Crippen LogP contribution in [-0.4, -0.2) is 26.3 Å². The van der Waals surface area contributed by atoms with Gasteiger partial charge in [0, 0.05) is 0 Å². The number of esters is 1. The number of benzene rings is 2. The molecule has 1 heterocycles. The molecule has 0 aliphatic carbocycles. The molecule has 0 atom stereocenters. The summed E-state index contributed by atoms with van der Waals surface area (Å²) in [4.78, 5) is 12.3. The van der Waals surface area contributed by atoms with Gasteiger partial charge in [0.1, 0.15) is 31.1 Å². The highest BCUT2D eigenvalue weighted by Gasteiger charge is 2.21. The van der Waals surface area contributed by atoms with Crippen LogP contribution >= 0.6 is 0 Å². The van der Waals surface area contributed by atoms with Crippen molar-refractivity contribution in [2.75, 3.05) is 20.3 Å². The third-order valence-corrected chi connectivity index (χ3v) is 3.29. The summed E-state index contributed by atoms with van der Waals surface area (Å²) in [7, 11) is 1.60. The molecule has 0 bridgehead atoms. The zero-order valence-electron chi connectivity index (χ0n) is 12.2. The van der Waals surface area contributed by atoms with Crippen molar-refractivity contribution in [3.8, 4) is 17.2 Å². The second-order valence-electron chi connectivity index (χ2n) is 4.76. The van der Waals surface area contributed by atoms with Crippen molar-refractivity contribution in [1.29, 1.82) is 0 Å². The second kappa shape index (κ2) is 6.39. The van der Waals surface area contributed by atoms with E-state index in [1.807, 2.05) is 24.3 Å². The Kier molecular flexibility index (Phi) is 4.14. The lowest BCUT2D eigenvalue weighted by Crippen LogP contribution is -2.18. The van der Waals surface area contributed by atoms with Gasteiger partial charge in [-0.05, 0) is 29.8 Å². The SMILES string of the molecule is COc1cccc(COC(=O)c2cccc3c2OCCO3)c1. The van der Waals surface area contributed by atoms with Gasteiger partial charge in [0.25, 0.3) is 0 Å². The highest BCUT2D eigenvalue weighted by Crippen LogP contribution is 2.34. The third kappa shape index (κ3) is 2.98. The van der Waals surface area contributed by atoms with Crippen LogP contribution in [0.15, 0.2) is 42.5 Å². The number of hydrogen-bond acceptors (Lipinski definition) is 5. The minimum absolute atomic E-state index is 0.167. The minimum atomic E-state index is -0.440. The smallest absolute Gasteiger partial charge is 0.342 e. The summed E-state index contributed by atoms with van der Waals surface area (Å²) < 4.78 is 21.5. The predicted molar refractivity (Wildman–Crippen MR) is 79.5 cm³/mol. The molecule has 0 aromatic heterocycles. The van der Waals surface area contributed by atoms with Gasteiger partial charge in [0.05, 0.1) is 7.11 Å². The summed E-state index contributed by atoms with van der Waals surface area (Å²) in [5.74, 6) is 1.30. The number of fused-ring (bicyclic) bond motifs is 1. The molecule has 2 aromatic carbocycles. The van der Waals surface area contributed by atoms with Crippen LogP contribution < -0.4 is 14.2 Å². The maximum Gasteiger partial charge on any atom is 0.342 e. The monoisotopic (exact) mass is 300 g/mol. The largest absolute Gasteiger partial charge is 0.497 e. The molecule has 0 unspecified atom stereocenters. The summed E-state index contributed by atoms with van der Waals surface area (Å²) in [6.07, 6.45) is 0. The van der Waals surface area contributed by atoms with Crippen LogP contribution in [0, 0.1) is 0 Å². The highest BCUT2D eigenvalue weighted by atomic mass is 16.6. The Hall–Kier alpha value is -2.69. The fourth-order valence-corrected chi connectivity index (χ4v) is 2.22. The van der Waals surface area contributed by atoms with Gasteiger partial charge in [0.2, 0.25) is 0 Å². The van der Waals surface area contributed by atoms with E-state index < -0.39 is 5.97 Å². The van der Waals surface area contributed by atoms with Crippen molar-refractivity contribution in [2.45, 2.75) is 6.61 Å². The maximum atomic E-state index is 12.3. The summed E-state index contributed by atoms with van der Waals surface area (Å²) in [5, 5.41) is 0. The Morgan fingerprint density at radius 3 is 2.82 bits per heavy atom. The van der Waals surface area contributed by atoms with Crippen LogP contribution in [0.4, 0.5) is 0 Å². The summed E-state index contributed by atoms with van der Waals surface area (Å²) in [6, 6.07) is 12.6. The zero-order chi connectivity index (χ0) is 15.4. The van der Waals surface area contributed by atoms with Crippen molar-refractivity contribution in [3.63, 3.8) is 0 Å². The van der Waals surface area contributed by atoms with Gasteiger partial charge in [-0.25, -0.2) is 4.79 Å². The standard InChI is InChI=1S/C17H16O5/c1-19-13-5-2-4-12(10-13)11-22-17(18)14-6-3-7-15-16(14)21-9-8-20-15/h2-7,10H,8-9,11H2,1H3. The Morgan fingerprint density at radius 2 is 1.95 bits per heavy atom. The number of carbonyl (C=O) groups excluding carboxylic acids is 1. The molecule has 22 heavy (non-hydrogen) atoms. The lowest BCUT2D eigenvalue weighted by molar-refractivity contribution is 0.0463. The number of hydrogen-bond donors (Lipinski definition) is 0. The number of ether oxygens (including phenoxy) is 4. The van der Waals surface area contributed by atoms with Crippen LogP contribution in [-0.2, 0) is 11.3 Å². The summed E-state index contributed by atoms with van der Waals surface area (Å²) in [6.45, 7) is 1.07. The molecule has 1 aliphatic heterocycles. The molecule has 3 rings (SSSR count). The molecule has 0 amide bonds. The number of rotatable bonds is 4. The lowest BCUT2D eigenvalue weighted by Gasteiger charge is -2.20. The van der Waals surface area contributed by atoms with Crippen molar-refractivity contribution in [1.82, 2.24) is 0 Å². The van der Waals surface area contributed by atoms with Gasteiger partial charge < -0.3 is 18.9 Å². The Bertz CT molecular complexity index is 680. The summed E-state index contributed by atoms with van der Waals surface area (Å²) >= 11 is 0. The van der Waals surface area contributed by atoms with Crippen LogP contribution in [0.2, 0.25) is 0 Å². The molecule has 1 aliphatic rings. The van der Waals surface area contributed by atoms with Crippen LogP contribution in [0.25, 0.3) is 0 Å². The van der Waals surface area contributed by atoms with Crippen LogP contribution in [0.5, 0.6) is 17.2 Å². The molecular formula is C17H16O5. The van der Waals surface area contributed by atoms with Gasteiger partial charge in [0.15, 0.2) is 11.5 Å². The molecule has 0 fully saturated rings. The second-order valence-corrected chi connectivity index (χ2v) is 4.76.